The first kappa shape index (κ1) is 28.9. The van der Waals surface area contributed by atoms with Gasteiger partial charge in [-0.15, -0.1) is 0 Å². The molecule has 0 atom stereocenters. The number of benzene rings is 8. The molecule has 0 N–H and O–H groups in total. The van der Waals surface area contributed by atoms with Crippen LogP contribution in [0.25, 0.3) is 33.0 Å². The third kappa shape index (κ3) is 4.52. The smallest absolute Gasteiger partial charge is 0.131 e. The van der Waals surface area contributed by atoms with Gasteiger partial charge in [0, 0.05) is 22.3 Å². The van der Waals surface area contributed by atoms with E-state index in [-0.39, 0.29) is 5.82 Å². The highest BCUT2D eigenvalue weighted by molar-refractivity contribution is 6.05. The van der Waals surface area contributed by atoms with Crippen LogP contribution < -0.4 is 4.90 Å². The molecule has 232 valence electrons. The number of halogens is 1. The van der Waals surface area contributed by atoms with E-state index < -0.39 is 5.41 Å². The third-order valence-corrected chi connectivity index (χ3v) is 10.0. The number of para-hydroxylation sites is 2. The average molecular weight is 630 g/mol. The van der Waals surface area contributed by atoms with Gasteiger partial charge in [-0.25, -0.2) is 4.39 Å². The summed E-state index contributed by atoms with van der Waals surface area (Å²) in [6.07, 6.45) is 0. The standard InChI is InChI=1S/C47H32FN/c48-44-26-15-25-40-39(44)30-31-42-46(40)41-29-28-37(32-43(41)47(42,34-18-7-2-8-19-34)35-20-9-3-10-21-35)49(36-22-11-4-12-23-36)45-27-14-13-24-38(45)33-16-5-1-6-17-33/h1-32H. The van der Waals surface area contributed by atoms with Crippen molar-refractivity contribution in [1.29, 1.82) is 0 Å². The Balaban J connectivity index is 1.39. The lowest BCUT2D eigenvalue weighted by molar-refractivity contribution is 0.640. The molecule has 9 rings (SSSR count). The molecule has 2 heteroatoms. The zero-order valence-electron chi connectivity index (χ0n) is 26.8. The van der Waals surface area contributed by atoms with Crippen molar-refractivity contribution in [3.63, 3.8) is 0 Å². The van der Waals surface area contributed by atoms with Gasteiger partial charge in [-0.3, -0.25) is 0 Å². The molecule has 8 aromatic carbocycles. The summed E-state index contributed by atoms with van der Waals surface area (Å²) < 4.78 is 15.4. The summed E-state index contributed by atoms with van der Waals surface area (Å²) in [4.78, 5) is 2.37. The second-order valence-electron chi connectivity index (χ2n) is 12.6. The maximum Gasteiger partial charge on any atom is 0.131 e. The fourth-order valence-corrected chi connectivity index (χ4v) is 7.97. The fourth-order valence-electron chi connectivity index (χ4n) is 7.97. The quantitative estimate of drug-likeness (QED) is 0.177. The van der Waals surface area contributed by atoms with Crippen molar-refractivity contribution in [2.45, 2.75) is 5.41 Å². The van der Waals surface area contributed by atoms with Crippen LogP contribution in [0.4, 0.5) is 21.5 Å². The summed E-state index contributed by atoms with van der Waals surface area (Å²) in [5.74, 6) is -0.205. The van der Waals surface area contributed by atoms with E-state index >= 15 is 4.39 Å². The summed E-state index contributed by atoms with van der Waals surface area (Å²) in [5, 5.41) is 1.56. The SMILES string of the molecule is Fc1cccc2c3c(ccc12)C(c1ccccc1)(c1ccccc1)c1cc(N(c2ccccc2)c2ccccc2-c2ccccc2)ccc1-3. The second-order valence-corrected chi connectivity index (χ2v) is 12.6. The summed E-state index contributed by atoms with van der Waals surface area (Å²) in [6, 6.07) is 67.7. The Morgan fingerprint density at radius 3 is 1.71 bits per heavy atom. The molecule has 0 saturated carbocycles. The van der Waals surface area contributed by atoms with Gasteiger partial charge in [0.1, 0.15) is 5.82 Å². The topological polar surface area (TPSA) is 3.24 Å². The van der Waals surface area contributed by atoms with Crippen LogP contribution in [0.5, 0.6) is 0 Å². The van der Waals surface area contributed by atoms with Crippen LogP contribution in [-0.2, 0) is 5.41 Å². The Bertz CT molecular complexity index is 2400. The van der Waals surface area contributed by atoms with Gasteiger partial charge in [-0.2, -0.15) is 0 Å². The number of hydrogen-bond donors (Lipinski definition) is 0. The molecule has 0 spiro atoms. The monoisotopic (exact) mass is 629 g/mol. The van der Waals surface area contributed by atoms with E-state index in [4.69, 9.17) is 0 Å². The molecule has 0 fully saturated rings. The van der Waals surface area contributed by atoms with Crippen LogP contribution in [0, 0.1) is 5.82 Å². The normalized spacial score (nSPS) is 12.8. The summed E-state index contributed by atoms with van der Waals surface area (Å²) in [7, 11) is 0. The molecule has 1 nitrogen and oxygen atoms in total. The van der Waals surface area contributed by atoms with Gasteiger partial charge >= 0.3 is 0 Å². The number of fused-ring (bicyclic) bond motifs is 5. The molecule has 0 amide bonds. The van der Waals surface area contributed by atoms with E-state index in [0.29, 0.717) is 5.39 Å². The lowest BCUT2D eigenvalue weighted by Gasteiger charge is -2.35. The first-order chi connectivity index (χ1) is 24.2. The molecule has 0 aromatic heterocycles. The van der Waals surface area contributed by atoms with Gasteiger partial charge in [-0.05, 0) is 80.7 Å². The third-order valence-electron chi connectivity index (χ3n) is 10.0. The predicted octanol–water partition coefficient (Wildman–Crippen LogP) is 12.5. The first-order valence-electron chi connectivity index (χ1n) is 16.7. The van der Waals surface area contributed by atoms with E-state index in [0.717, 1.165) is 50.3 Å². The van der Waals surface area contributed by atoms with Gasteiger partial charge in [0.15, 0.2) is 0 Å². The lowest BCUT2D eigenvalue weighted by Crippen LogP contribution is -2.28. The molecule has 0 unspecified atom stereocenters. The van der Waals surface area contributed by atoms with Crippen molar-refractivity contribution in [2.24, 2.45) is 0 Å². The van der Waals surface area contributed by atoms with E-state index in [9.17, 15) is 0 Å². The van der Waals surface area contributed by atoms with Crippen molar-refractivity contribution < 1.29 is 4.39 Å². The van der Waals surface area contributed by atoms with Gasteiger partial charge in [0.25, 0.3) is 0 Å². The Labute approximate surface area is 286 Å². The van der Waals surface area contributed by atoms with Gasteiger partial charge < -0.3 is 4.90 Å². The molecule has 0 heterocycles. The van der Waals surface area contributed by atoms with E-state index in [1.807, 2.05) is 12.1 Å². The van der Waals surface area contributed by atoms with Gasteiger partial charge in [0.05, 0.1) is 11.1 Å². The number of hydrogen-bond acceptors (Lipinski definition) is 1. The van der Waals surface area contributed by atoms with Gasteiger partial charge in [0.2, 0.25) is 0 Å². The molecule has 49 heavy (non-hydrogen) atoms. The molecule has 1 aliphatic rings. The van der Waals surface area contributed by atoms with Crippen molar-refractivity contribution in [1.82, 2.24) is 0 Å². The Hall–Kier alpha value is -6.25. The molecule has 0 bridgehead atoms. The van der Waals surface area contributed by atoms with Crippen LogP contribution in [0.1, 0.15) is 22.3 Å². The van der Waals surface area contributed by atoms with E-state index in [1.54, 1.807) is 6.07 Å². The summed E-state index contributed by atoms with van der Waals surface area (Å²) in [6.45, 7) is 0. The Morgan fingerprint density at radius 1 is 0.408 bits per heavy atom. The molecule has 0 radical (unpaired) electrons. The zero-order valence-corrected chi connectivity index (χ0v) is 26.8. The molecule has 1 aliphatic carbocycles. The minimum Gasteiger partial charge on any atom is -0.310 e. The maximum absolute atomic E-state index is 15.4. The zero-order chi connectivity index (χ0) is 32.8. The lowest BCUT2D eigenvalue weighted by atomic mass is 9.67. The van der Waals surface area contributed by atoms with E-state index in [2.05, 4.69) is 181 Å². The Morgan fingerprint density at radius 2 is 1.02 bits per heavy atom. The maximum atomic E-state index is 15.4. The number of rotatable bonds is 6. The molecular weight excluding hydrogens is 598 g/mol. The first-order valence-corrected chi connectivity index (χ1v) is 16.7. The van der Waals surface area contributed by atoms with Crippen molar-refractivity contribution in [3.8, 4) is 22.3 Å². The minimum absolute atomic E-state index is 0.205. The number of anilines is 3. The minimum atomic E-state index is -0.634. The Kier molecular flexibility index (Phi) is 6.95. The highest BCUT2D eigenvalue weighted by Gasteiger charge is 2.47. The van der Waals surface area contributed by atoms with E-state index in [1.165, 1.54) is 16.7 Å². The second kappa shape index (κ2) is 11.8. The van der Waals surface area contributed by atoms with Crippen molar-refractivity contribution in [2.75, 3.05) is 4.90 Å². The van der Waals surface area contributed by atoms with Crippen molar-refractivity contribution in [3.05, 3.63) is 222 Å². The fraction of sp³-hybridized carbons (Fsp3) is 0.0213. The predicted molar refractivity (Wildman–Crippen MR) is 201 cm³/mol. The van der Waals surface area contributed by atoms with Crippen LogP contribution in [0.15, 0.2) is 194 Å². The van der Waals surface area contributed by atoms with Crippen LogP contribution in [0.3, 0.4) is 0 Å². The highest BCUT2D eigenvalue weighted by atomic mass is 19.1. The average Bonchev–Trinajstić information content (AvgIpc) is 3.48. The molecular formula is C47H32FN. The van der Waals surface area contributed by atoms with Crippen LogP contribution in [0.2, 0.25) is 0 Å². The van der Waals surface area contributed by atoms with Gasteiger partial charge in [-0.1, -0.05) is 158 Å². The highest BCUT2D eigenvalue weighted by Crippen LogP contribution is 2.59. The molecule has 0 aliphatic heterocycles. The molecule has 0 saturated heterocycles. The summed E-state index contributed by atoms with van der Waals surface area (Å²) in [5.41, 5.74) is 11.8. The van der Waals surface area contributed by atoms with Crippen LogP contribution in [-0.4, -0.2) is 0 Å². The number of nitrogens with zero attached hydrogens (tertiary/aromatic N) is 1. The summed E-state index contributed by atoms with van der Waals surface area (Å²) >= 11 is 0. The van der Waals surface area contributed by atoms with Crippen molar-refractivity contribution >= 4 is 27.8 Å². The largest absolute Gasteiger partial charge is 0.310 e. The molecule has 8 aromatic rings. The van der Waals surface area contributed by atoms with Crippen LogP contribution >= 0.6 is 0 Å².